The van der Waals surface area contributed by atoms with E-state index < -0.39 is 0 Å². The van der Waals surface area contributed by atoms with Gasteiger partial charge in [-0.05, 0) is 35.7 Å². The van der Waals surface area contributed by atoms with Crippen LogP contribution in [0.25, 0.3) is 0 Å². The molecule has 0 unspecified atom stereocenters. The molecular weight excluding hydrogens is 404 g/mol. The van der Waals surface area contributed by atoms with Crippen molar-refractivity contribution in [1.29, 1.82) is 0 Å². The molecule has 1 amide bonds. The van der Waals surface area contributed by atoms with Gasteiger partial charge >= 0.3 is 0 Å². The lowest BCUT2D eigenvalue weighted by Crippen LogP contribution is -2.33. The summed E-state index contributed by atoms with van der Waals surface area (Å²) in [5.41, 5.74) is 0.994. The molecule has 0 spiro atoms. The van der Waals surface area contributed by atoms with E-state index in [9.17, 15) is 4.79 Å². The molecule has 9 heteroatoms. The minimum atomic E-state index is -0.130. The second kappa shape index (κ2) is 9.25. The van der Waals surface area contributed by atoms with Gasteiger partial charge in [0.15, 0.2) is 16.7 Å². The highest BCUT2D eigenvalue weighted by Gasteiger charge is 2.22. The van der Waals surface area contributed by atoms with Gasteiger partial charge in [-0.1, -0.05) is 31.7 Å². The highest BCUT2D eigenvalue weighted by molar-refractivity contribution is 7.99. The van der Waals surface area contributed by atoms with Gasteiger partial charge in [-0.25, -0.2) is 0 Å². The van der Waals surface area contributed by atoms with Gasteiger partial charge in [0.2, 0.25) is 5.91 Å². The Bertz CT molecular complexity index is 987. The summed E-state index contributed by atoms with van der Waals surface area (Å²) in [6.07, 6.45) is 3.26. The quantitative estimate of drug-likeness (QED) is 0.551. The second-order valence-corrected chi connectivity index (χ2v) is 8.24. The van der Waals surface area contributed by atoms with Gasteiger partial charge in [-0.2, -0.15) is 0 Å². The van der Waals surface area contributed by atoms with Crippen LogP contribution in [0.5, 0.6) is 11.5 Å². The first kappa shape index (κ1) is 20.3. The number of ether oxygens (including phenoxy) is 2. The Morgan fingerprint density at radius 3 is 2.83 bits per heavy atom. The predicted octanol–water partition coefficient (Wildman–Crippen LogP) is 3.30. The molecule has 1 N–H and O–H groups in total. The number of carbonyl (C=O) groups excluding carboxylic acids is 1. The van der Waals surface area contributed by atoms with Crippen molar-refractivity contribution in [3.8, 4) is 11.5 Å². The smallest absolute Gasteiger partial charge is 0.230 e. The van der Waals surface area contributed by atoms with Crippen LogP contribution in [0.1, 0.15) is 31.2 Å². The number of fused-ring (bicyclic) bond motifs is 1. The second-order valence-electron chi connectivity index (χ2n) is 7.30. The van der Waals surface area contributed by atoms with E-state index in [4.69, 9.17) is 13.9 Å². The van der Waals surface area contributed by atoms with Crippen molar-refractivity contribution < 1.29 is 18.7 Å². The fourth-order valence-corrected chi connectivity index (χ4v) is 3.99. The van der Waals surface area contributed by atoms with Crippen LogP contribution in [-0.2, 0) is 11.3 Å². The summed E-state index contributed by atoms with van der Waals surface area (Å²) >= 11 is 1.35. The molecule has 0 aliphatic carbocycles. The van der Waals surface area contributed by atoms with E-state index in [2.05, 4.69) is 29.4 Å². The maximum absolute atomic E-state index is 12.7. The highest BCUT2D eigenvalue weighted by Crippen LogP contribution is 2.34. The molecular formula is C21H24N4O4S. The molecule has 30 heavy (non-hydrogen) atoms. The van der Waals surface area contributed by atoms with E-state index in [1.807, 2.05) is 34.9 Å². The summed E-state index contributed by atoms with van der Waals surface area (Å²) in [7, 11) is 0. The normalized spacial score (nSPS) is 14.0. The fourth-order valence-electron chi connectivity index (χ4n) is 3.27. The third-order valence-corrected chi connectivity index (χ3v) is 5.71. The SMILES string of the molecule is CC(C)[C@H](NC(=O)CSc1nncn1Cc1ccco1)c1ccc2c(c1)OCCO2. The van der Waals surface area contributed by atoms with E-state index in [0.29, 0.717) is 24.9 Å². The van der Waals surface area contributed by atoms with Crippen LogP contribution in [0.15, 0.2) is 52.5 Å². The molecule has 1 aromatic carbocycles. The van der Waals surface area contributed by atoms with Crippen LogP contribution in [0.2, 0.25) is 0 Å². The van der Waals surface area contributed by atoms with Gasteiger partial charge < -0.3 is 23.8 Å². The molecule has 1 aliphatic rings. The Labute approximate surface area is 179 Å². The number of amides is 1. The number of nitrogens with zero attached hydrogens (tertiary/aromatic N) is 3. The zero-order chi connectivity index (χ0) is 20.9. The number of benzene rings is 1. The largest absolute Gasteiger partial charge is 0.486 e. The number of hydrogen-bond acceptors (Lipinski definition) is 7. The first-order chi connectivity index (χ1) is 14.6. The molecule has 3 aromatic rings. The Balaban J connectivity index is 1.38. The first-order valence-electron chi connectivity index (χ1n) is 9.82. The monoisotopic (exact) mass is 428 g/mol. The first-order valence-corrected chi connectivity index (χ1v) is 10.8. The van der Waals surface area contributed by atoms with E-state index in [1.165, 1.54) is 11.8 Å². The van der Waals surface area contributed by atoms with E-state index in [1.54, 1.807) is 12.6 Å². The summed E-state index contributed by atoms with van der Waals surface area (Å²) < 4.78 is 18.5. The van der Waals surface area contributed by atoms with Crippen molar-refractivity contribution in [3.63, 3.8) is 0 Å². The van der Waals surface area contributed by atoms with Gasteiger partial charge in [-0.15, -0.1) is 10.2 Å². The molecule has 158 valence electrons. The number of nitrogens with one attached hydrogen (secondary N) is 1. The molecule has 0 saturated heterocycles. The maximum atomic E-state index is 12.7. The van der Waals surface area contributed by atoms with Gasteiger partial charge in [-0.3, -0.25) is 4.79 Å². The molecule has 0 radical (unpaired) electrons. The minimum Gasteiger partial charge on any atom is -0.486 e. The molecule has 4 rings (SSSR count). The standard InChI is InChI=1S/C21H24N4O4S/c1-14(2)20(15-5-6-17-18(10-15)29-9-8-28-17)23-19(26)12-30-21-24-22-13-25(21)11-16-4-3-7-27-16/h3-7,10,13-14,20H,8-9,11-12H2,1-2H3,(H,23,26)/t20-/m0/s1. The minimum absolute atomic E-state index is 0.0684. The number of aromatic nitrogens is 3. The molecule has 0 bridgehead atoms. The third-order valence-electron chi connectivity index (χ3n) is 4.73. The topological polar surface area (TPSA) is 91.4 Å². The van der Waals surface area contributed by atoms with E-state index >= 15 is 0 Å². The molecule has 8 nitrogen and oxygen atoms in total. The predicted molar refractivity (Wildman–Crippen MR) is 112 cm³/mol. The zero-order valence-corrected chi connectivity index (χ0v) is 17.7. The lowest BCUT2D eigenvalue weighted by atomic mass is 9.95. The van der Waals surface area contributed by atoms with Crippen LogP contribution < -0.4 is 14.8 Å². The summed E-state index contributed by atoms with van der Waals surface area (Å²) in [5.74, 6) is 2.65. The Morgan fingerprint density at radius 1 is 1.23 bits per heavy atom. The van der Waals surface area contributed by atoms with E-state index in [0.717, 1.165) is 22.8 Å². The van der Waals surface area contributed by atoms with Crippen molar-refractivity contribution >= 4 is 17.7 Å². The number of furan rings is 1. The summed E-state index contributed by atoms with van der Waals surface area (Å²) in [5, 5.41) is 11.9. The molecule has 0 saturated carbocycles. The van der Waals surface area contributed by atoms with Crippen molar-refractivity contribution in [2.75, 3.05) is 19.0 Å². The van der Waals surface area contributed by atoms with Gasteiger partial charge in [0.05, 0.1) is 24.6 Å². The van der Waals surface area contributed by atoms with Crippen LogP contribution in [0, 0.1) is 5.92 Å². The lowest BCUT2D eigenvalue weighted by Gasteiger charge is -2.25. The van der Waals surface area contributed by atoms with E-state index in [-0.39, 0.29) is 23.6 Å². The number of rotatable bonds is 8. The highest BCUT2D eigenvalue weighted by atomic mass is 32.2. The Morgan fingerprint density at radius 2 is 2.07 bits per heavy atom. The number of thioether (sulfide) groups is 1. The van der Waals surface area contributed by atoms with Crippen LogP contribution in [0.3, 0.4) is 0 Å². The molecule has 2 aromatic heterocycles. The van der Waals surface area contributed by atoms with Crippen LogP contribution >= 0.6 is 11.8 Å². The Hall–Kier alpha value is -2.94. The number of hydrogen-bond donors (Lipinski definition) is 1. The zero-order valence-electron chi connectivity index (χ0n) is 16.9. The summed E-state index contributed by atoms with van der Waals surface area (Å²) in [4.78, 5) is 12.7. The van der Waals surface area contributed by atoms with Crippen LogP contribution in [0.4, 0.5) is 0 Å². The van der Waals surface area contributed by atoms with Gasteiger partial charge in [0.1, 0.15) is 25.3 Å². The van der Waals surface area contributed by atoms with Crippen molar-refractivity contribution in [3.05, 3.63) is 54.2 Å². The molecule has 0 fully saturated rings. The molecule has 1 aliphatic heterocycles. The Kier molecular flexibility index (Phi) is 6.27. The third kappa shape index (κ3) is 4.79. The summed E-state index contributed by atoms with van der Waals surface area (Å²) in [6.45, 7) is 5.77. The number of carbonyl (C=O) groups is 1. The molecule has 1 atom stereocenters. The average Bonchev–Trinajstić information content (AvgIpc) is 3.42. The summed E-state index contributed by atoms with van der Waals surface area (Å²) in [6, 6.07) is 9.43. The van der Waals surface area contributed by atoms with Gasteiger partial charge in [0, 0.05) is 0 Å². The maximum Gasteiger partial charge on any atom is 0.230 e. The van der Waals surface area contributed by atoms with Gasteiger partial charge in [0.25, 0.3) is 0 Å². The van der Waals surface area contributed by atoms with Crippen molar-refractivity contribution in [2.24, 2.45) is 5.92 Å². The van der Waals surface area contributed by atoms with Crippen LogP contribution in [-0.4, -0.2) is 39.6 Å². The average molecular weight is 429 g/mol. The lowest BCUT2D eigenvalue weighted by molar-refractivity contribution is -0.119. The fraction of sp³-hybridized carbons (Fsp3) is 0.381. The molecule has 3 heterocycles. The van der Waals surface area contributed by atoms with Crippen molar-refractivity contribution in [1.82, 2.24) is 20.1 Å². The van der Waals surface area contributed by atoms with Crippen molar-refractivity contribution in [2.45, 2.75) is 31.6 Å².